The Bertz CT molecular complexity index is 668. The van der Waals surface area contributed by atoms with Crippen molar-refractivity contribution < 1.29 is 9.53 Å². The first kappa shape index (κ1) is 18.3. The summed E-state index contributed by atoms with van der Waals surface area (Å²) < 4.78 is 7.06. The fraction of sp³-hybridized carbons (Fsp3) is 0.471. The van der Waals surface area contributed by atoms with Crippen molar-refractivity contribution >= 4 is 17.7 Å². The monoisotopic (exact) mass is 348 g/mol. The quantitative estimate of drug-likeness (QED) is 0.743. The van der Waals surface area contributed by atoms with E-state index in [1.165, 1.54) is 11.8 Å². The molecule has 0 aliphatic heterocycles. The van der Waals surface area contributed by atoms with Crippen LogP contribution in [-0.2, 0) is 11.8 Å². The van der Waals surface area contributed by atoms with Crippen LogP contribution in [0.1, 0.15) is 20.3 Å². The number of hydrogen-bond acceptors (Lipinski definition) is 5. The molecule has 0 radical (unpaired) electrons. The van der Waals surface area contributed by atoms with Gasteiger partial charge in [-0.25, -0.2) is 0 Å². The number of nitrogens with one attached hydrogen (secondary N) is 1. The van der Waals surface area contributed by atoms with Gasteiger partial charge >= 0.3 is 0 Å². The molecule has 0 bridgehead atoms. The molecule has 24 heavy (non-hydrogen) atoms. The van der Waals surface area contributed by atoms with E-state index in [2.05, 4.69) is 29.4 Å². The Labute approximate surface area is 147 Å². The number of hydrogen-bond donors (Lipinski definition) is 1. The topological polar surface area (TPSA) is 69.0 Å². The molecule has 130 valence electrons. The van der Waals surface area contributed by atoms with E-state index in [1.54, 1.807) is 7.11 Å². The van der Waals surface area contributed by atoms with Gasteiger partial charge in [0.2, 0.25) is 5.91 Å². The number of nitrogens with zero attached hydrogens (tertiary/aromatic N) is 3. The summed E-state index contributed by atoms with van der Waals surface area (Å²) in [5, 5.41) is 12.1. The SMILES string of the molecule is COc1ccc(-c2nnc(SCC(=O)NCCC(C)C)n2C)cc1. The van der Waals surface area contributed by atoms with Gasteiger partial charge in [0.15, 0.2) is 11.0 Å². The van der Waals surface area contributed by atoms with E-state index in [0.717, 1.165) is 28.7 Å². The number of ether oxygens (including phenoxy) is 1. The average molecular weight is 348 g/mol. The number of thioether (sulfide) groups is 1. The Kier molecular flexibility index (Phi) is 6.66. The van der Waals surface area contributed by atoms with E-state index in [-0.39, 0.29) is 5.91 Å². The van der Waals surface area contributed by atoms with Gasteiger partial charge in [0, 0.05) is 19.2 Å². The minimum absolute atomic E-state index is 0.0228. The molecule has 1 N–H and O–H groups in total. The Morgan fingerprint density at radius 1 is 1.29 bits per heavy atom. The molecule has 0 fully saturated rings. The summed E-state index contributed by atoms with van der Waals surface area (Å²) in [5.74, 6) is 2.51. The minimum Gasteiger partial charge on any atom is -0.497 e. The molecule has 2 aromatic rings. The molecule has 0 atom stereocenters. The molecule has 1 amide bonds. The van der Waals surface area contributed by atoms with Crippen LogP contribution in [-0.4, -0.2) is 40.1 Å². The van der Waals surface area contributed by atoms with Crippen LogP contribution in [0.4, 0.5) is 0 Å². The molecule has 0 spiro atoms. The largest absolute Gasteiger partial charge is 0.497 e. The van der Waals surface area contributed by atoms with E-state index in [1.807, 2.05) is 35.9 Å². The molecule has 0 saturated heterocycles. The molecule has 1 heterocycles. The van der Waals surface area contributed by atoms with Crippen LogP contribution in [0.25, 0.3) is 11.4 Å². The number of carbonyl (C=O) groups is 1. The molecular formula is C17H24N4O2S. The zero-order valence-electron chi connectivity index (χ0n) is 14.6. The van der Waals surface area contributed by atoms with Crippen LogP contribution < -0.4 is 10.1 Å². The molecule has 0 aliphatic carbocycles. The van der Waals surface area contributed by atoms with Gasteiger partial charge in [-0.15, -0.1) is 10.2 Å². The van der Waals surface area contributed by atoms with Gasteiger partial charge in [0.1, 0.15) is 5.75 Å². The van der Waals surface area contributed by atoms with E-state index in [0.29, 0.717) is 18.2 Å². The van der Waals surface area contributed by atoms with Crippen LogP contribution in [0, 0.1) is 5.92 Å². The summed E-state index contributed by atoms with van der Waals surface area (Å²) in [4.78, 5) is 11.9. The fourth-order valence-electron chi connectivity index (χ4n) is 2.11. The van der Waals surface area contributed by atoms with Gasteiger partial charge in [-0.2, -0.15) is 0 Å². The lowest BCUT2D eigenvalue weighted by molar-refractivity contribution is -0.118. The van der Waals surface area contributed by atoms with Crippen LogP contribution in [0.2, 0.25) is 0 Å². The molecule has 1 aromatic heterocycles. The lowest BCUT2D eigenvalue weighted by Crippen LogP contribution is -2.27. The van der Waals surface area contributed by atoms with Crippen molar-refractivity contribution in [3.05, 3.63) is 24.3 Å². The van der Waals surface area contributed by atoms with E-state index in [9.17, 15) is 4.79 Å². The van der Waals surface area contributed by atoms with Crippen molar-refractivity contribution in [3.63, 3.8) is 0 Å². The molecule has 0 saturated carbocycles. The van der Waals surface area contributed by atoms with E-state index >= 15 is 0 Å². The number of rotatable bonds is 8. The van der Waals surface area contributed by atoms with Crippen LogP contribution in [0.3, 0.4) is 0 Å². The molecular weight excluding hydrogens is 324 g/mol. The summed E-state index contributed by atoms with van der Waals surface area (Å²) >= 11 is 1.39. The predicted octanol–water partition coefficient (Wildman–Crippen LogP) is 2.75. The fourth-order valence-corrected chi connectivity index (χ4v) is 2.85. The maximum atomic E-state index is 11.9. The Balaban J connectivity index is 1.93. The molecule has 2 rings (SSSR count). The third-order valence-electron chi connectivity index (χ3n) is 3.56. The number of amides is 1. The third-order valence-corrected chi connectivity index (χ3v) is 4.58. The molecule has 1 aromatic carbocycles. The maximum absolute atomic E-state index is 11.9. The molecule has 7 heteroatoms. The van der Waals surface area contributed by atoms with Crippen molar-refractivity contribution in [2.45, 2.75) is 25.4 Å². The third kappa shape index (κ3) is 4.99. The predicted molar refractivity (Wildman–Crippen MR) is 96.2 cm³/mol. The first-order valence-corrected chi connectivity index (χ1v) is 8.93. The van der Waals surface area contributed by atoms with Gasteiger partial charge in [-0.3, -0.25) is 4.79 Å². The number of aromatic nitrogens is 3. The second-order valence-electron chi connectivity index (χ2n) is 5.91. The summed E-state index contributed by atoms with van der Waals surface area (Å²) in [5.41, 5.74) is 0.957. The highest BCUT2D eigenvalue weighted by Gasteiger charge is 2.13. The number of methoxy groups -OCH3 is 1. The van der Waals surface area contributed by atoms with Gasteiger partial charge in [-0.05, 0) is 36.6 Å². The van der Waals surface area contributed by atoms with Gasteiger partial charge in [0.25, 0.3) is 0 Å². The standard InChI is InChI=1S/C17H24N4O2S/c1-12(2)9-10-18-15(22)11-24-17-20-19-16(21(17)3)13-5-7-14(23-4)8-6-13/h5-8,12H,9-11H2,1-4H3,(H,18,22). The number of benzene rings is 1. The normalized spacial score (nSPS) is 10.9. The van der Waals surface area contributed by atoms with Gasteiger partial charge in [0.05, 0.1) is 12.9 Å². The van der Waals surface area contributed by atoms with Gasteiger partial charge < -0.3 is 14.6 Å². The number of carbonyl (C=O) groups excluding carboxylic acids is 1. The van der Waals surface area contributed by atoms with E-state index < -0.39 is 0 Å². The van der Waals surface area contributed by atoms with Gasteiger partial charge in [-0.1, -0.05) is 25.6 Å². The maximum Gasteiger partial charge on any atom is 0.230 e. The van der Waals surface area contributed by atoms with Crippen molar-refractivity contribution in [3.8, 4) is 17.1 Å². The smallest absolute Gasteiger partial charge is 0.230 e. The lowest BCUT2D eigenvalue weighted by Gasteiger charge is -2.07. The van der Waals surface area contributed by atoms with Crippen LogP contribution >= 0.6 is 11.8 Å². The summed E-state index contributed by atoms with van der Waals surface area (Å²) in [7, 11) is 3.54. The summed E-state index contributed by atoms with van der Waals surface area (Å²) in [6.07, 6.45) is 0.988. The molecule has 0 unspecified atom stereocenters. The lowest BCUT2D eigenvalue weighted by atomic mass is 10.1. The molecule has 0 aliphatic rings. The minimum atomic E-state index is 0.0228. The van der Waals surface area contributed by atoms with Crippen molar-refractivity contribution in [1.29, 1.82) is 0 Å². The Morgan fingerprint density at radius 2 is 2.00 bits per heavy atom. The van der Waals surface area contributed by atoms with Crippen LogP contribution in [0.5, 0.6) is 5.75 Å². The van der Waals surface area contributed by atoms with E-state index in [4.69, 9.17) is 4.74 Å². The zero-order chi connectivity index (χ0) is 17.5. The van der Waals surface area contributed by atoms with Crippen molar-refractivity contribution in [2.75, 3.05) is 19.4 Å². The summed E-state index contributed by atoms with van der Waals surface area (Å²) in [6.45, 7) is 5.00. The van der Waals surface area contributed by atoms with Crippen LogP contribution in [0.15, 0.2) is 29.4 Å². The van der Waals surface area contributed by atoms with Crippen molar-refractivity contribution in [1.82, 2.24) is 20.1 Å². The highest BCUT2D eigenvalue weighted by molar-refractivity contribution is 7.99. The Morgan fingerprint density at radius 3 is 2.62 bits per heavy atom. The highest BCUT2D eigenvalue weighted by atomic mass is 32.2. The highest BCUT2D eigenvalue weighted by Crippen LogP contribution is 2.24. The average Bonchev–Trinajstić information content (AvgIpc) is 2.93. The molecule has 6 nitrogen and oxygen atoms in total. The second-order valence-corrected chi connectivity index (χ2v) is 6.86. The van der Waals surface area contributed by atoms with Crippen molar-refractivity contribution in [2.24, 2.45) is 13.0 Å². The summed E-state index contributed by atoms with van der Waals surface area (Å²) in [6, 6.07) is 7.66. The second kappa shape index (κ2) is 8.73. The first-order valence-electron chi connectivity index (χ1n) is 7.94. The first-order chi connectivity index (χ1) is 11.5. The zero-order valence-corrected chi connectivity index (χ0v) is 15.4. The Hall–Kier alpha value is -2.02.